The molecular weight excluding hydrogens is 377 g/mol. The summed E-state index contributed by atoms with van der Waals surface area (Å²) in [7, 11) is 1.61. The maximum absolute atomic E-state index is 12.8. The largest absolute Gasteiger partial charge is 0.403 e. The molecule has 1 aromatic rings. The molecule has 1 aliphatic heterocycles. The first-order valence-electron chi connectivity index (χ1n) is 8.97. The van der Waals surface area contributed by atoms with Gasteiger partial charge >= 0.3 is 6.18 Å². The van der Waals surface area contributed by atoms with Crippen LogP contribution in [0.2, 0.25) is 0 Å². The van der Waals surface area contributed by atoms with Crippen molar-refractivity contribution < 1.29 is 18.1 Å². The quantitative estimate of drug-likeness (QED) is 0.249. The van der Waals surface area contributed by atoms with Crippen molar-refractivity contribution in [2.75, 3.05) is 51.6 Å². The highest BCUT2D eigenvalue weighted by Gasteiger charge is 2.41. The van der Waals surface area contributed by atoms with E-state index in [0.717, 1.165) is 0 Å². The number of alkyl halides is 3. The molecule has 0 amide bonds. The highest BCUT2D eigenvalue weighted by molar-refractivity contribution is 5.80. The Labute approximate surface area is 161 Å². The smallest absolute Gasteiger partial charge is 0.378 e. The second-order valence-electron chi connectivity index (χ2n) is 6.42. The molecule has 0 aromatic heterocycles. The summed E-state index contributed by atoms with van der Waals surface area (Å²) in [5, 5.41) is 17.1. The molecule has 1 heterocycles. The van der Waals surface area contributed by atoms with E-state index in [0.29, 0.717) is 50.9 Å². The minimum Gasteiger partial charge on any atom is -0.378 e. The van der Waals surface area contributed by atoms with Gasteiger partial charge in [-0.1, -0.05) is 12.1 Å². The van der Waals surface area contributed by atoms with E-state index < -0.39 is 17.1 Å². The summed E-state index contributed by atoms with van der Waals surface area (Å²) in [5.74, 6) is 0.601. The molecule has 0 aliphatic carbocycles. The van der Waals surface area contributed by atoms with Gasteiger partial charge in [0.15, 0.2) is 5.96 Å². The first-order chi connectivity index (χ1) is 13.2. The van der Waals surface area contributed by atoms with E-state index in [2.05, 4.69) is 15.6 Å². The van der Waals surface area contributed by atoms with Gasteiger partial charge in [0.25, 0.3) is 5.69 Å². The topological polar surface area (TPSA) is 86.0 Å². The minimum absolute atomic E-state index is 0.00166. The van der Waals surface area contributed by atoms with Crippen molar-refractivity contribution in [1.29, 1.82) is 0 Å². The van der Waals surface area contributed by atoms with Gasteiger partial charge in [-0.05, 0) is 13.0 Å². The van der Waals surface area contributed by atoms with E-state index >= 15 is 0 Å². The normalized spacial score (nSPS) is 17.3. The summed E-state index contributed by atoms with van der Waals surface area (Å²) >= 11 is 0. The third-order valence-electron chi connectivity index (χ3n) is 4.67. The Balaban J connectivity index is 1.79. The van der Waals surface area contributed by atoms with Crippen molar-refractivity contribution in [3.8, 4) is 0 Å². The number of rotatable bonds is 6. The lowest BCUT2D eigenvalue weighted by Gasteiger charge is -2.39. The molecule has 0 saturated carbocycles. The monoisotopic (exact) mass is 402 g/mol. The lowest BCUT2D eigenvalue weighted by Crippen LogP contribution is -2.57. The highest BCUT2D eigenvalue weighted by atomic mass is 19.4. The predicted octanol–water partition coefficient (Wildman–Crippen LogP) is 2.15. The molecule has 1 atom stereocenters. The second-order valence-corrected chi connectivity index (χ2v) is 6.42. The van der Waals surface area contributed by atoms with Crippen LogP contribution in [0.4, 0.5) is 24.5 Å². The van der Waals surface area contributed by atoms with Crippen molar-refractivity contribution in [2.24, 2.45) is 4.99 Å². The molecule has 11 heteroatoms. The van der Waals surface area contributed by atoms with Crippen molar-refractivity contribution in [3.05, 3.63) is 34.4 Å². The number of hydrogen-bond acceptors (Lipinski definition) is 5. The number of guanidine groups is 1. The van der Waals surface area contributed by atoms with Crippen LogP contribution in [0.25, 0.3) is 0 Å². The fourth-order valence-corrected chi connectivity index (χ4v) is 3.01. The van der Waals surface area contributed by atoms with Gasteiger partial charge in [0.05, 0.1) is 4.92 Å². The number of aliphatic imine (C=N–C) groups is 1. The number of anilines is 1. The van der Waals surface area contributed by atoms with Gasteiger partial charge in [0, 0.05) is 52.4 Å². The van der Waals surface area contributed by atoms with Crippen molar-refractivity contribution in [2.45, 2.75) is 19.1 Å². The van der Waals surface area contributed by atoms with Gasteiger partial charge < -0.3 is 15.5 Å². The Bertz CT molecular complexity index is 690. The lowest BCUT2D eigenvalue weighted by atomic mass is 10.2. The third kappa shape index (κ3) is 5.72. The van der Waals surface area contributed by atoms with E-state index in [-0.39, 0.29) is 5.69 Å². The zero-order valence-electron chi connectivity index (χ0n) is 15.9. The molecule has 0 spiro atoms. The molecule has 0 radical (unpaired) electrons. The molecule has 1 aromatic carbocycles. The Kier molecular flexibility index (Phi) is 7.44. The lowest BCUT2D eigenvalue weighted by molar-refractivity contribution is -0.384. The van der Waals surface area contributed by atoms with Gasteiger partial charge in [-0.25, -0.2) is 0 Å². The molecule has 8 nitrogen and oxygen atoms in total. The first-order valence-corrected chi connectivity index (χ1v) is 8.97. The summed E-state index contributed by atoms with van der Waals surface area (Å²) in [6, 6.07) is 4.91. The standard InChI is InChI=1S/C17H25F3N6O2/c1-13(17(18,19)20)24-9-11-25(12-10-24)16(21-2)23-8-7-22-14-5-3-4-6-15(14)26(27)28/h3-6,13,22H,7-12H2,1-2H3,(H,21,23). The zero-order valence-corrected chi connectivity index (χ0v) is 15.9. The molecule has 28 heavy (non-hydrogen) atoms. The number of para-hydroxylation sites is 2. The fraction of sp³-hybridized carbons (Fsp3) is 0.588. The molecular formula is C17H25F3N6O2. The van der Waals surface area contributed by atoms with E-state index in [4.69, 9.17) is 0 Å². The average molecular weight is 402 g/mol. The van der Waals surface area contributed by atoms with Crippen LogP contribution in [0, 0.1) is 10.1 Å². The molecule has 156 valence electrons. The van der Waals surface area contributed by atoms with Crippen LogP contribution < -0.4 is 10.6 Å². The Morgan fingerprint density at radius 2 is 1.89 bits per heavy atom. The van der Waals surface area contributed by atoms with Crippen LogP contribution in [0.15, 0.2) is 29.3 Å². The van der Waals surface area contributed by atoms with Gasteiger partial charge in [-0.3, -0.25) is 20.0 Å². The SMILES string of the molecule is CN=C(NCCNc1ccccc1[N+](=O)[O-])N1CCN(C(C)C(F)(F)F)CC1. The number of nitrogens with one attached hydrogen (secondary N) is 2. The number of piperazine rings is 1. The highest BCUT2D eigenvalue weighted by Crippen LogP contribution is 2.25. The number of benzene rings is 1. The zero-order chi connectivity index (χ0) is 20.7. The molecule has 0 bridgehead atoms. The van der Waals surface area contributed by atoms with Crippen molar-refractivity contribution in [1.82, 2.24) is 15.1 Å². The number of halogens is 3. The van der Waals surface area contributed by atoms with Crippen LogP contribution in [0.1, 0.15) is 6.92 Å². The minimum atomic E-state index is -4.23. The molecule has 2 N–H and O–H groups in total. The Morgan fingerprint density at radius 3 is 2.46 bits per heavy atom. The van der Waals surface area contributed by atoms with E-state index in [1.807, 2.05) is 4.90 Å². The number of nitro benzene ring substituents is 1. The van der Waals surface area contributed by atoms with Crippen LogP contribution in [-0.4, -0.2) is 79.2 Å². The predicted molar refractivity (Wildman–Crippen MR) is 102 cm³/mol. The summed E-state index contributed by atoms with van der Waals surface area (Å²) in [5.41, 5.74) is 0.431. The maximum atomic E-state index is 12.8. The average Bonchev–Trinajstić information content (AvgIpc) is 2.67. The van der Waals surface area contributed by atoms with Gasteiger partial charge in [0.2, 0.25) is 0 Å². The molecule has 1 unspecified atom stereocenters. The Morgan fingerprint density at radius 1 is 1.25 bits per heavy atom. The summed E-state index contributed by atoms with van der Waals surface area (Å²) in [4.78, 5) is 18.1. The summed E-state index contributed by atoms with van der Waals surface area (Å²) in [6.45, 7) is 3.55. The molecule has 2 rings (SSSR count). The van der Waals surface area contributed by atoms with Crippen molar-refractivity contribution in [3.63, 3.8) is 0 Å². The van der Waals surface area contributed by atoms with Crippen LogP contribution in [-0.2, 0) is 0 Å². The number of nitro groups is 1. The van der Waals surface area contributed by atoms with E-state index in [1.165, 1.54) is 17.9 Å². The fourth-order valence-electron chi connectivity index (χ4n) is 3.01. The number of hydrogen-bond donors (Lipinski definition) is 2. The van der Waals surface area contributed by atoms with Crippen LogP contribution >= 0.6 is 0 Å². The van der Waals surface area contributed by atoms with Gasteiger partial charge in [-0.2, -0.15) is 13.2 Å². The molecule has 1 fully saturated rings. The first kappa shape index (κ1) is 21.7. The summed E-state index contributed by atoms with van der Waals surface area (Å²) < 4.78 is 38.5. The van der Waals surface area contributed by atoms with Crippen LogP contribution in [0.3, 0.4) is 0 Å². The molecule has 1 aliphatic rings. The molecule has 1 saturated heterocycles. The van der Waals surface area contributed by atoms with Gasteiger partial charge in [0.1, 0.15) is 11.7 Å². The summed E-state index contributed by atoms with van der Waals surface area (Å²) in [6.07, 6.45) is -4.23. The van der Waals surface area contributed by atoms with E-state index in [1.54, 1.807) is 25.2 Å². The third-order valence-corrected chi connectivity index (χ3v) is 4.67. The van der Waals surface area contributed by atoms with E-state index in [9.17, 15) is 23.3 Å². The van der Waals surface area contributed by atoms with Gasteiger partial charge in [-0.15, -0.1) is 0 Å². The van der Waals surface area contributed by atoms with Crippen LogP contribution in [0.5, 0.6) is 0 Å². The Hall–Kier alpha value is -2.56. The van der Waals surface area contributed by atoms with Crippen molar-refractivity contribution >= 4 is 17.3 Å². The maximum Gasteiger partial charge on any atom is 0.403 e. The second kappa shape index (κ2) is 9.58. The number of nitrogens with zero attached hydrogens (tertiary/aromatic N) is 4.